The third-order valence-electron chi connectivity index (χ3n) is 1.35. The number of esters is 1. The quantitative estimate of drug-likeness (QED) is 0.386. The Morgan fingerprint density at radius 2 is 2.31 bits per heavy atom. The molecule has 13 heavy (non-hydrogen) atoms. The van der Waals surface area contributed by atoms with Gasteiger partial charge < -0.3 is 9.94 Å². The van der Waals surface area contributed by atoms with Gasteiger partial charge in [-0.25, -0.2) is 4.79 Å². The first-order chi connectivity index (χ1) is 6.09. The van der Waals surface area contributed by atoms with Crippen LogP contribution in [-0.2, 0) is 4.74 Å². The van der Waals surface area contributed by atoms with Crippen molar-refractivity contribution in [3.63, 3.8) is 0 Å². The lowest BCUT2D eigenvalue weighted by Gasteiger charge is -2.06. The summed E-state index contributed by atoms with van der Waals surface area (Å²) in [4.78, 5) is 11.2. The molecule has 0 atom stereocenters. The lowest BCUT2D eigenvalue weighted by molar-refractivity contribution is -0.605. The van der Waals surface area contributed by atoms with Crippen LogP contribution in [0.5, 0.6) is 0 Å². The first kappa shape index (κ1) is 9.51. The van der Waals surface area contributed by atoms with Gasteiger partial charge in [0.15, 0.2) is 12.4 Å². The molecule has 0 saturated heterocycles. The predicted molar refractivity (Wildman–Crippen MR) is 46.0 cm³/mol. The molecule has 4 heteroatoms. The van der Waals surface area contributed by atoms with Gasteiger partial charge in [0, 0.05) is 6.07 Å². The summed E-state index contributed by atoms with van der Waals surface area (Å²) >= 11 is 0. The highest BCUT2D eigenvalue weighted by Crippen LogP contribution is 2.00. The van der Waals surface area contributed by atoms with Crippen LogP contribution < -0.4 is 4.73 Å². The lowest BCUT2D eigenvalue weighted by atomic mass is 10.3. The van der Waals surface area contributed by atoms with Crippen molar-refractivity contribution < 1.29 is 14.3 Å². The standard InChI is InChI=1S/C9H11NO3/c1-7(2)13-9(11)8-4-3-5-10(12)6-8/h3-7H,1-2H3. The van der Waals surface area contributed by atoms with Gasteiger partial charge in [0.25, 0.3) is 0 Å². The van der Waals surface area contributed by atoms with E-state index in [2.05, 4.69) is 0 Å². The molecule has 1 aromatic rings. The van der Waals surface area contributed by atoms with Gasteiger partial charge in [0.05, 0.1) is 6.10 Å². The van der Waals surface area contributed by atoms with Crippen molar-refractivity contribution in [2.24, 2.45) is 0 Å². The van der Waals surface area contributed by atoms with Gasteiger partial charge in [0.1, 0.15) is 5.56 Å². The number of aromatic nitrogens is 1. The zero-order valence-electron chi connectivity index (χ0n) is 7.56. The van der Waals surface area contributed by atoms with Gasteiger partial charge >= 0.3 is 5.97 Å². The Labute approximate surface area is 76.3 Å². The van der Waals surface area contributed by atoms with Gasteiger partial charge in [-0.1, -0.05) is 0 Å². The highest BCUT2D eigenvalue weighted by Gasteiger charge is 2.11. The molecule has 70 valence electrons. The second-order valence-electron chi connectivity index (χ2n) is 2.91. The molecule has 0 fully saturated rings. The first-order valence-electron chi connectivity index (χ1n) is 3.99. The van der Waals surface area contributed by atoms with Crippen molar-refractivity contribution in [3.8, 4) is 0 Å². The molecule has 0 spiro atoms. The molecule has 0 amide bonds. The van der Waals surface area contributed by atoms with Crippen LogP contribution in [0, 0.1) is 5.21 Å². The molecule has 0 radical (unpaired) electrons. The Kier molecular flexibility index (Phi) is 2.84. The summed E-state index contributed by atoms with van der Waals surface area (Å²) in [7, 11) is 0. The van der Waals surface area contributed by atoms with Gasteiger partial charge in [-0.3, -0.25) is 0 Å². The van der Waals surface area contributed by atoms with Crippen LogP contribution in [0.2, 0.25) is 0 Å². The van der Waals surface area contributed by atoms with Crippen LogP contribution in [0.3, 0.4) is 0 Å². The second-order valence-corrected chi connectivity index (χ2v) is 2.91. The van der Waals surface area contributed by atoms with Crippen molar-refractivity contribution >= 4 is 5.97 Å². The number of pyridine rings is 1. The number of ether oxygens (including phenoxy) is 1. The fourth-order valence-corrected chi connectivity index (χ4v) is 0.858. The summed E-state index contributed by atoms with van der Waals surface area (Å²) in [5.74, 6) is -0.472. The molecule has 0 aromatic carbocycles. The van der Waals surface area contributed by atoms with Crippen molar-refractivity contribution in [1.82, 2.24) is 0 Å². The van der Waals surface area contributed by atoms with Crippen molar-refractivity contribution in [2.75, 3.05) is 0 Å². The Hall–Kier alpha value is -1.58. The molecule has 4 nitrogen and oxygen atoms in total. The zero-order valence-corrected chi connectivity index (χ0v) is 7.56. The molecule has 0 aliphatic heterocycles. The van der Waals surface area contributed by atoms with E-state index in [0.29, 0.717) is 4.73 Å². The zero-order chi connectivity index (χ0) is 9.84. The Morgan fingerprint density at radius 1 is 1.62 bits per heavy atom. The average molecular weight is 181 g/mol. The SMILES string of the molecule is CC(C)OC(=O)c1ccc[n+]([O-])c1. The van der Waals surface area contributed by atoms with Crippen LogP contribution in [-0.4, -0.2) is 12.1 Å². The van der Waals surface area contributed by atoms with Gasteiger partial charge in [0.2, 0.25) is 0 Å². The number of hydrogen-bond acceptors (Lipinski definition) is 3. The largest absolute Gasteiger partial charge is 0.619 e. The smallest absolute Gasteiger partial charge is 0.344 e. The molecule has 0 N–H and O–H groups in total. The van der Waals surface area contributed by atoms with Gasteiger partial charge in [-0.05, 0) is 19.9 Å². The Morgan fingerprint density at radius 3 is 2.85 bits per heavy atom. The summed E-state index contributed by atoms with van der Waals surface area (Å²) in [6.07, 6.45) is 2.32. The minimum absolute atomic E-state index is 0.173. The summed E-state index contributed by atoms with van der Waals surface area (Å²) in [6, 6.07) is 3.04. The Balaban J connectivity index is 2.77. The number of carbonyl (C=O) groups excluding carboxylic acids is 1. The number of nitrogens with zero attached hydrogens (tertiary/aromatic N) is 1. The van der Waals surface area contributed by atoms with E-state index in [1.54, 1.807) is 19.9 Å². The topological polar surface area (TPSA) is 53.2 Å². The van der Waals surface area contributed by atoms with Crippen LogP contribution >= 0.6 is 0 Å². The van der Waals surface area contributed by atoms with Crippen LogP contribution in [0.4, 0.5) is 0 Å². The van der Waals surface area contributed by atoms with Crippen molar-refractivity contribution in [1.29, 1.82) is 0 Å². The van der Waals surface area contributed by atoms with E-state index in [9.17, 15) is 10.0 Å². The van der Waals surface area contributed by atoms with E-state index in [1.165, 1.54) is 18.5 Å². The fraction of sp³-hybridized carbons (Fsp3) is 0.333. The average Bonchev–Trinajstić information content (AvgIpc) is 2.03. The molecule has 1 rings (SSSR count). The van der Waals surface area contributed by atoms with E-state index in [1.807, 2.05) is 0 Å². The third kappa shape index (κ3) is 2.74. The highest BCUT2D eigenvalue weighted by molar-refractivity contribution is 5.88. The summed E-state index contributed by atoms with van der Waals surface area (Å²) in [6.45, 7) is 3.51. The van der Waals surface area contributed by atoms with Gasteiger partial charge in [-0.2, -0.15) is 4.73 Å². The summed E-state index contributed by atoms with van der Waals surface area (Å²) in [5, 5.41) is 10.8. The maximum Gasteiger partial charge on any atom is 0.344 e. The predicted octanol–water partition coefficient (Wildman–Crippen LogP) is 0.885. The maximum atomic E-state index is 11.2. The van der Waals surface area contributed by atoms with Crippen molar-refractivity contribution in [2.45, 2.75) is 20.0 Å². The van der Waals surface area contributed by atoms with E-state index in [-0.39, 0.29) is 11.7 Å². The van der Waals surface area contributed by atoms with E-state index < -0.39 is 5.97 Å². The summed E-state index contributed by atoms with van der Waals surface area (Å²) < 4.78 is 5.47. The summed E-state index contributed by atoms with van der Waals surface area (Å²) in [5.41, 5.74) is 0.270. The fourth-order valence-electron chi connectivity index (χ4n) is 0.858. The number of carbonyl (C=O) groups is 1. The first-order valence-corrected chi connectivity index (χ1v) is 3.99. The van der Waals surface area contributed by atoms with Gasteiger partial charge in [-0.15, -0.1) is 0 Å². The molecular formula is C9H11NO3. The van der Waals surface area contributed by atoms with Crippen LogP contribution in [0.25, 0.3) is 0 Å². The minimum atomic E-state index is -0.472. The molecule has 0 bridgehead atoms. The lowest BCUT2D eigenvalue weighted by Crippen LogP contribution is -2.26. The molecule has 0 saturated carbocycles. The van der Waals surface area contributed by atoms with E-state index in [0.717, 1.165) is 0 Å². The van der Waals surface area contributed by atoms with E-state index in [4.69, 9.17) is 4.74 Å². The molecule has 0 aliphatic carbocycles. The van der Waals surface area contributed by atoms with Crippen LogP contribution in [0.1, 0.15) is 24.2 Å². The molecule has 1 heterocycles. The number of hydrogen-bond donors (Lipinski definition) is 0. The maximum absolute atomic E-state index is 11.2. The van der Waals surface area contributed by atoms with E-state index >= 15 is 0 Å². The van der Waals surface area contributed by atoms with Crippen molar-refractivity contribution in [3.05, 3.63) is 35.3 Å². The minimum Gasteiger partial charge on any atom is -0.619 e. The molecule has 1 aromatic heterocycles. The Bertz CT molecular complexity index is 309. The highest BCUT2D eigenvalue weighted by atomic mass is 16.5. The molecule has 0 unspecified atom stereocenters. The molecule has 0 aliphatic rings. The normalized spacial score (nSPS) is 10.1. The number of rotatable bonds is 2. The van der Waals surface area contributed by atoms with Crippen LogP contribution in [0.15, 0.2) is 24.5 Å². The third-order valence-corrected chi connectivity index (χ3v) is 1.35. The monoisotopic (exact) mass is 181 g/mol. The molecular weight excluding hydrogens is 170 g/mol. The second kappa shape index (κ2) is 3.89.